The lowest BCUT2D eigenvalue weighted by Crippen LogP contribution is -2.51. The average molecular weight is 465 g/mol. The predicted molar refractivity (Wildman–Crippen MR) is 127 cm³/mol. The molecule has 180 valence electrons. The van der Waals surface area contributed by atoms with Gasteiger partial charge in [0.05, 0.1) is 22.9 Å². The smallest absolute Gasteiger partial charge is 0.237 e. The molecule has 1 aliphatic heterocycles. The summed E-state index contributed by atoms with van der Waals surface area (Å²) in [6.07, 6.45) is 15.2. The number of nitrogens with one attached hydrogen (secondary N) is 2. The topological polar surface area (TPSA) is 116 Å². The maximum absolute atomic E-state index is 13.3. The standard InChI is InChI=1S/C24H40N4O3S/c25-23(26)18-12-11-17-15-22(24(29)27-19-7-3-1-4-8-19)28(21(17)16-18)13-14-32(30,31)20-9-5-2-6-10-20/h1,3,17-22H,2,4-16H2,(H3,25,26)(H,27,29)/t17?,18?,19-,21?,22?/m1/s1. The molecule has 4 unspecified atom stereocenters. The van der Waals surface area contributed by atoms with E-state index in [9.17, 15) is 13.2 Å². The molecule has 0 bridgehead atoms. The molecule has 8 heteroatoms. The first-order valence-electron chi connectivity index (χ1n) is 12.6. The average Bonchev–Trinajstić information content (AvgIpc) is 3.17. The van der Waals surface area contributed by atoms with E-state index in [1.807, 2.05) is 0 Å². The van der Waals surface area contributed by atoms with Gasteiger partial charge in [0.15, 0.2) is 9.84 Å². The van der Waals surface area contributed by atoms with Crippen LogP contribution in [0.15, 0.2) is 12.2 Å². The summed E-state index contributed by atoms with van der Waals surface area (Å²) in [6.45, 7) is 0.410. The van der Waals surface area contributed by atoms with Gasteiger partial charge in [-0.15, -0.1) is 0 Å². The van der Waals surface area contributed by atoms with Crippen LogP contribution in [0.25, 0.3) is 0 Å². The van der Waals surface area contributed by atoms with Crippen molar-refractivity contribution < 1.29 is 13.2 Å². The number of hydrogen-bond acceptors (Lipinski definition) is 5. The molecule has 2 saturated carbocycles. The lowest BCUT2D eigenvalue weighted by atomic mass is 9.78. The Morgan fingerprint density at radius 1 is 1.06 bits per heavy atom. The van der Waals surface area contributed by atoms with Crippen LogP contribution in [0.1, 0.15) is 77.0 Å². The van der Waals surface area contributed by atoms with Crippen LogP contribution in [-0.4, -0.2) is 60.7 Å². The second kappa shape index (κ2) is 10.2. The monoisotopic (exact) mass is 464 g/mol. The number of hydrogen-bond donors (Lipinski definition) is 3. The molecule has 4 rings (SSSR count). The maximum Gasteiger partial charge on any atom is 0.237 e. The van der Waals surface area contributed by atoms with Crippen molar-refractivity contribution >= 4 is 21.6 Å². The highest BCUT2D eigenvalue weighted by atomic mass is 32.2. The van der Waals surface area contributed by atoms with E-state index < -0.39 is 9.84 Å². The van der Waals surface area contributed by atoms with E-state index in [0.717, 1.165) is 77.0 Å². The summed E-state index contributed by atoms with van der Waals surface area (Å²) in [5, 5.41) is 11.0. The number of nitrogens with two attached hydrogens (primary N) is 1. The van der Waals surface area contributed by atoms with Crippen LogP contribution >= 0.6 is 0 Å². The molecule has 4 N–H and O–H groups in total. The fourth-order valence-corrected chi connectivity index (χ4v) is 8.30. The van der Waals surface area contributed by atoms with E-state index in [1.165, 1.54) is 0 Å². The number of likely N-dealkylation sites (tertiary alicyclic amines) is 1. The number of amidine groups is 1. The van der Waals surface area contributed by atoms with Gasteiger partial charge in [-0.2, -0.15) is 0 Å². The molecular formula is C24H40N4O3S. The fraction of sp³-hybridized carbons (Fsp3) is 0.833. The van der Waals surface area contributed by atoms with Crippen molar-refractivity contribution in [1.82, 2.24) is 10.2 Å². The molecule has 0 aromatic carbocycles. The van der Waals surface area contributed by atoms with Crippen molar-refractivity contribution in [2.75, 3.05) is 12.3 Å². The molecule has 1 amide bonds. The minimum absolute atomic E-state index is 0.0407. The zero-order valence-corrected chi connectivity index (χ0v) is 20.0. The Morgan fingerprint density at radius 2 is 1.84 bits per heavy atom. The van der Waals surface area contributed by atoms with Gasteiger partial charge in [0.2, 0.25) is 5.91 Å². The van der Waals surface area contributed by atoms with Crippen molar-refractivity contribution in [3.63, 3.8) is 0 Å². The van der Waals surface area contributed by atoms with Crippen LogP contribution < -0.4 is 11.1 Å². The summed E-state index contributed by atoms with van der Waals surface area (Å²) in [5.74, 6) is 0.819. The van der Waals surface area contributed by atoms with Crippen LogP contribution in [0.4, 0.5) is 0 Å². The molecule has 4 aliphatic rings. The minimum Gasteiger partial charge on any atom is -0.387 e. The quantitative estimate of drug-likeness (QED) is 0.304. The molecule has 1 saturated heterocycles. The van der Waals surface area contributed by atoms with Gasteiger partial charge in [-0.3, -0.25) is 15.1 Å². The first-order valence-corrected chi connectivity index (χ1v) is 14.3. The fourth-order valence-electron chi connectivity index (χ4n) is 6.45. The number of fused-ring (bicyclic) bond motifs is 1. The van der Waals surface area contributed by atoms with E-state index in [0.29, 0.717) is 12.5 Å². The summed E-state index contributed by atoms with van der Waals surface area (Å²) in [7, 11) is -3.16. The SMILES string of the molecule is N=C(N)C1CCC2CC(C(=O)N[C@@H]3CC=CCC3)N(CCS(=O)(=O)C3CCCCC3)C2C1. The molecule has 1 heterocycles. The van der Waals surface area contributed by atoms with Gasteiger partial charge < -0.3 is 11.1 Å². The van der Waals surface area contributed by atoms with Crippen molar-refractivity contribution in [1.29, 1.82) is 5.41 Å². The third-order valence-electron chi connectivity index (χ3n) is 8.36. The molecule has 3 aliphatic carbocycles. The highest BCUT2D eigenvalue weighted by molar-refractivity contribution is 7.92. The molecule has 0 radical (unpaired) electrons. The summed E-state index contributed by atoms with van der Waals surface area (Å²) >= 11 is 0. The molecule has 5 atom stereocenters. The second-order valence-electron chi connectivity index (χ2n) is 10.4. The van der Waals surface area contributed by atoms with Crippen LogP contribution in [0, 0.1) is 17.2 Å². The Kier molecular flexibility index (Phi) is 7.60. The first kappa shape index (κ1) is 23.7. The van der Waals surface area contributed by atoms with Crippen molar-refractivity contribution in [3.05, 3.63) is 12.2 Å². The Bertz CT molecular complexity index is 821. The number of carbonyl (C=O) groups is 1. The molecule has 0 aromatic heterocycles. The largest absolute Gasteiger partial charge is 0.387 e. The third kappa shape index (κ3) is 5.38. The Morgan fingerprint density at radius 3 is 2.53 bits per heavy atom. The second-order valence-corrected chi connectivity index (χ2v) is 12.8. The van der Waals surface area contributed by atoms with E-state index in [4.69, 9.17) is 11.1 Å². The van der Waals surface area contributed by atoms with E-state index in [2.05, 4.69) is 22.4 Å². The molecule has 0 aromatic rings. The molecule has 7 nitrogen and oxygen atoms in total. The number of amides is 1. The number of rotatable bonds is 7. The number of carbonyl (C=O) groups excluding carboxylic acids is 1. The zero-order chi connectivity index (χ0) is 22.7. The normalized spacial score (nSPS) is 34.2. The molecular weight excluding hydrogens is 424 g/mol. The highest BCUT2D eigenvalue weighted by Gasteiger charge is 2.47. The van der Waals surface area contributed by atoms with Gasteiger partial charge in [0.25, 0.3) is 0 Å². The van der Waals surface area contributed by atoms with Gasteiger partial charge >= 0.3 is 0 Å². The van der Waals surface area contributed by atoms with Crippen molar-refractivity contribution in [3.8, 4) is 0 Å². The first-order chi connectivity index (χ1) is 15.3. The number of nitrogens with zero attached hydrogens (tertiary/aromatic N) is 1. The molecule has 0 spiro atoms. The summed E-state index contributed by atoms with van der Waals surface area (Å²) in [5.41, 5.74) is 5.84. The van der Waals surface area contributed by atoms with Crippen molar-refractivity contribution in [2.24, 2.45) is 17.6 Å². The summed E-state index contributed by atoms with van der Waals surface area (Å²) < 4.78 is 26.2. The Labute approximate surface area is 193 Å². The van der Waals surface area contributed by atoms with Crippen LogP contribution in [0.3, 0.4) is 0 Å². The molecule has 32 heavy (non-hydrogen) atoms. The highest BCUT2D eigenvalue weighted by Crippen LogP contribution is 2.42. The summed E-state index contributed by atoms with van der Waals surface area (Å²) in [6, 6.07) is 0.0392. The predicted octanol–water partition coefficient (Wildman–Crippen LogP) is 2.75. The Balaban J connectivity index is 1.47. The van der Waals surface area contributed by atoms with Gasteiger partial charge in [-0.25, -0.2) is 8.42 Å². The summed E-state index contributed by atoms with van der Waals surface area (Å²) in [4.78, 5) is 15.5. The Hall–Kier alpha value is -1.41. The zero-order valence-electron chi connectivity index (χ0n) is 19.2. The molecule has 3 fully saturated rings. The van der Waals surface area contributed by atoms with Gasteiger partial charge in [-0.1, -0.05) is 31.4 Å². The van der Waals surface area contributed by atoms with Crippen LogP contribution in [-0.2, 0) is 14.6 Å². The van der Waals surface area contributed by atoms with E-state index in [-0.39, 0.29) is 46.8 Å². The minimum atomic E-state index is -3.16. The van der Waals surface area contributed by atoms with Crippen LogP contribution in [0.5, 0.6) is 0 Å². The van der Waals surface area contributed by atoms with Gasteiger partial charge in [0.1, 0.15) is 0 Å². The van der Waals surface area contributed by atoms with Crippen LogP contribution in [0.2, 0.25) is 0 Å². The van der Waals surface area contributed by atoms with Gasteiger partial charge in [-0.05, 0) is 63.7 Å². The number of allylic oxidation sites excluding steroid dienone is 1. The van der Waals surface area contributed by atoms with Gasteiger partial charge in [0, 0.05) is 24.5 Å². The van der Waals surface area contributed by atoms with Crippen molar-refractivity contribution in [2.45, 2.75) is 100 Å². The lowest BCUT2D eigenvalue weighted by Gasteiger charge is -2.37. The van der Waals surface area contributed by atoms with E-state index in [1.54, 1.807) is 0 Å². The maximum atomic E-state index is 13.3. The third-order valence-corrected chi connectivity index (χ3v) is 10.6. The van der Waals surface area contributed by atoms with E-state index >= 15 is 0 Å². The number of sulfone groups is 1. The lowest BCUT2D eigenvalue weighted by molar-refractivity contribution is -0.126.